The maximum atomic E-state index is 11.5. The third-order valence-corrected chi connectivity index (χ3v) is 1.65. The maximum absolute atomic E-state index is 11.5. The van der Waals surface area contributed by atoms with Crippen LogP contribution in [0, 0.1) is 0 Å². The normalized spacial score (nSPS) is 10.0. The molecule has 0 aliphatic heterocycles. The summed E-state index contributed by atoms with van der Waals surface area (Å²) in [4.78, 5) is 11.5. The minimum absolute atomic E-state index is 0.242. The summed E-state index contributed by atoms with van der Waals surface area (Å²) >= 11 is 0. The number of rotatable bonds is 2. The molecule has 0 saturated heterocycles. The molecule has 7 nitrogen and oxygen atoms in total. The average molecular weight is 192 g/mol. The first-order chi connectivity index (χ1) is 6.77. The number of amides is 1. The summed E-state index contributed by atoms with van der Waals surface area (Å²) < 4.78 is 0. The largest absolute Gasteiger partial charge is 0.396 e. The summed E-state index contributed by atoms with van der Waals surface area (Å²) in [6, 6.07) is 0. The lowest BCUT2D eigenvalue weighted by Crippen LogP contribution is -2.13. The molecule has 0 bridgehead atoms. The van der Waals surface area contributed by atoms with Crippen molar-refractivity contribution in [2.24, 2.45) is 0 Å². The van der Waals surface area contributed by atoms with Crippen LogP contribution >= 0.6 is 0 Å². The van der Waals surface area contributed by atoms with E-state index in [9.17, 15) is 4.79 Å². The van der Waals surface area contributed by atoms with Crippen molar-refractivity contribution < 1.29 is 4.79 Å². The molecule has 2 rings (SSSR count). The van der Waals surface area contributed by atoms with Gasteiger partial charge in [-0.15, -0.1) is 0 Å². The second-order valence-electron chi connectivity index (χ2n) is 2.64. The highest BCUT2D eigenvalue weighted by Gasteiger charge is 2.11. The SMILES string of the molecule is Nc1cn[nH]c1C(=O)Nc1cn[nH]c1. The molecule has 5 N–H and O–H groups in total. The second-order valence-corrected chi connectivity index (χ2v) is 2.64. The van der Waals surface area contributed by atoms with Crippen molar-refractivity contribution >= 4 is 17.3 Å². The Balaban J connectivity index is 2.14. The number of carbonyl (C=O) groups is 1. The van der Waals surface area contributed by atoms with Crippen molar-refractivity contribution in [2.45, 2.75) is 0 Å². The summed E-state index contributed by atoms with van der Waals surface area (Å²) in [7, 11) is 0. The van der Waals surface area contributed by atoms with Crippen LogP contribution in [-0.4, -0.2) is 26.3 Å². The maximum Gasteiger partial charge on any atom is 0.275 e. The quantitative estimate of drug-likeness (QED) is 0.535. The summed E-state index contributed by atoms with van der Waals surface area (Å²) in [5.74, 6) is -0.346. The number of nitrogens with one attached hydrogen (secondary N) is 3. The first kappa shape index (κ1) is 8.30. The number of aromatic amines is 2. The van der Waals surface area contributed by atoms with Crippen molar-refractivity contribution in [2.75, 3.05) is 11.1 Å². The van der Waals surface area contributed by atoms with Crippen molar-refractivity contribution in [3.8, 4) is 0 Å². The number of hydrogen-bond acceptors (Lipinski definition) is 4. The van der Waals surface area contributed by atoms with Gasteiger partial charge in [0, 0.05) is 6.20 Å². The van der Waals surface area contributed by atoms with Gasteiger partial charge in [-0.05, 0) is 0 Å². The molecule has 2 aromatic heterocycles. The Kier molecular flexibility index (Phi) is 1.90. The van der Waals surface area contributed by atoms with E-state index < -0.39 is 0 Å². The lowest BCUT2D eigenvalue weighted by molar-refractivity contribution is 0.102. The van der Waals surface area contributed by atoms with Crippen molar-refractivity contribution in [3.63, 3.8) is 0 Å². The number of nitrogens with zero attached hydrogens (tertiary/aromatic N) is 2. The molecule has 7 heteroatoms. The molecule has 1 amide bonds. The van der Waals surface area contributed by atoms with Crippen molar-refractivity contribution in [3.05, 3.63) is 24.3 Å². The first-order valence-electron chi connectivity index (χ1n) is 3.86. The number of H-pyrrole nitrogens is 2. The van der Waals surface area contributed by atoms with Crippen LogP contribution in [0.2, 0.25) is 0 Å². The van der Waals surface area contributed by atoms with Crippen LogP contribution in [0.1, 0.15) is 10.5 Å². The molecule has 2 aromatic rings. The van der Waals surface area contributed by atoms with Crippen LogP contribution in [0.15, 0.2) is 18.6 Å². The number of nitrogen functional groups attached to an aromatic ring is 1. The molecule has 0 atom stereocenters. The fourth-order valence-corrected chi connectivity index (χ4v) is 0.990. The smallest absolute Gasteiger partial charge is 0.275 e. The highest BCUT2D eigenvalue weighted by molar-refractivity contribution is 6.05. The highest BCUT2D eigenvalue weighted by atomic mass is 16.2. The van der Waals surface area contributed by atoms with Crippen LogP contribution in [0.4, 0.5) is 11.4 Å². The van der Waals surface area contributed by atoms with Crippen molar-refractivity contribution in [1.29, 1.82) is 0 Å². The Morgan fingerprint density at radius 2 is 2.29 bits per heavy atom. The van der Waals surface area contributed by atoms with Gasteiger partial charge >= 0.3 is 0 Å². The molecule has 14 heavy (non-hydrogen) atoms. The van der Waals surface area contributed by atoms with E-state index in [0.29, 0.717) is 11.4 Å². The Hall–Kier alpha value is -2.31. The minimum Gasteiger partial charge on any atom is -0.396 e. The van der Waals surface area contributed by atoms with Gasteiger partial charge in [0.15, 0.2) is 0 Å². The molecule has 0 aliphatic rings. The minimum atomic E-state index is -0.346. The van der Waals surface area contributed by atoms with Crippen LogP contribution in [0.3, 0.4) is 0 Å². The summed E-state index contributed by atoms with van der Waals surface area (Å²) in [5, 5.41) is 15.0. The summed E-state index contributed by atoms with van der Waals surface area (Å²) in [6.07, 6.45) is 4.43. The standard InChI is InChI=1S/C7H8N6O/c8-5-3-11-13-6(5)7(14)12-4-1-9-10-2-4/h1-3H,8H2,(H,9,10)(H,11,13)(H,12,14). The van der Waals surface area contributed by atoms with Gasteiger partial charge in [0.1, 0.15) is 5.69 Å². The Morgan fingerprint density at radius 3 is 2.86 bits per heavy atom. The van der Waals surface area contributed by atoms with Crippen LogP contribution in [0.25, 0.3) is 0 Å². The number of carbonyl (C=O) groups excluding carboxylic acids is 1. The second kappa shape index (κ2) is 3.21. The molecule has 72 valence electrons. The Labute approximate surface area is 78.7 Å². The van der Waals surface area contributed by atoms with E-state index in [1.54, 1.807) is 6.20 Å². The first-order valence-corrected chi connectivity index (χ1v) is 3.86. The lowest BCUT2D eigenvalue weighted by atomic mass is 10.3. The van der Waals surface area contributed by atoms with E-state index in [1.165, 1.54) is 12.4 Å². The van der Waals surface area contributed by atoms with Gasteiger partial charge in [-0.2, -0.15) is 10.2 Å². The Bertz CT molecular complexity index is 431. The van der Waals surface area contributed by atoms with E-state index in [1.807, 2.05) is 0 Å². The highest BCUT2D eigenvalue weighted by Crippen LogP contribution is 2.09. The zero-order chi connectivity index (χ0) is 9.97. The zero-order valence-corrected chi connectivity index (χ0v) is 7.11. The topological polar surface area (TPSA) is 112 Å². The molecule has 0 saturated carbocycles. The predicted octanol–water partition coefficient (Wildman–Crippen LogP) is -0.0327. The molecule has 2 heterocycles. The van der Waals surface area contributed by atoms with E-state index >= 15 is 0 Å². The molecule has 0 spiro atoms. The van der Waals surface area contributed by atoms with Crippen LogP contribution in [-0.2, 0) is 0 Å². The third-order valence-electron chi connectivity index (χ3n) is 1.65. The molecular formula is C7H8N6O. The van der Waals surface area contributed by atoms with Gasteiger partial charge in [0.25, 0.3) is 5.91 Å². The fraction of sp³-hybridized carbons (Fsp3) is 0. The molecule has 0 aromatic carbocycles. The number of aromatic nitrogens is 4. The van der Waals surface area contributed by atoms with Gasteiger partial charge < -0.3 is 11.1 Å². The van der Waals surface area contributed by atoms with Crippen LogP contribution < -0.4 is 11.1 Å². The molecule has 0 aliphatic carbocycles. The van der Waals surface area contributed by atoms with E-state index in [4.69, 9.17) is 5.73 Å². The van der Waals surface area contributed by atoms with E-state index in [0.717, 1.165) is 0 Å². The average Bonchev–Trinajstić information content (AvgIpc) is 2.75. The monoisotopic (exact) mass is 192 g/mol. The summed E-state index contributed by atoms with van der Waals surface area (Å²) in [5.41, 5.74) is 6.62. The zero-order valence-electron chi connectivity index (χ0n) is 7.11. The molecule has 0 radical (unpaired) electrons. The van der Waals surface area contributed by atoms with Crippen LogP contribution in [0.5, 0.6) is 0 Å². The van der Waals surface area contributed by atoms with Gasteiger partial charge in [-0.1, -0.05) is 0 Å². The molecule has 0 fully saturated rings. The van der Waals surface area contributed by atoms with Gasteiger partial charge in [0.2, 0.25) is 0 Å². The molecular weight excluding hydrogens is 184 g/mol. The Morgan fingerprint density at radius 1 is 1.43 bits per heavy atom. The van der Waals surface area contributed by atoms with E-state index in [-0.39, 0.29) is 11.6 Å². The lowest BCUT2D eigenvalue weighted by Gasteiger charge is -1.99. The number of hydrogen-bond donors (Lipinski definition) is 4. The number of nitrogens with two attached hydrogens (primary N) is 1. The van der Waals surface area contributed by atoms with Crippen molar-refractivity contribution in [1.82, 2.24) is 20.4 Å². The van der Waals surface area contributed by atoms with Gasteiger partial charge in [-0.25, -0.2) is 0 Å². The van der Waals surface area contributed by atoms with Gasteiger partial charge in [-0.3, -0.25) is 15.0 Å². The van der Waals surface area contributed by atoms with E-state index in [2.05, 4.69) is 25.7 Å². The fourth-order valence-electron chi connectivity index (χ4n) is 0.990. The van der Waals surface area contributed by atoms with Gasteiger partial charge in [0.05, 0.1) is 23.8 Å². The summed E-state index contributed by atoms with van der Waals surface area (Å²) in [6.45, 7) is 0. The third kappa shape index (κ3) is 1.42. The molecule has 0 unspecified atom stereocenters. The number of anilines is 2. The predicted molar refractivity (Wildman–Crippen MR) is 49.5 cm³/mol.